The minimum absolute atomic E-state index is 0.0469. The van der Waals surface area contributed by atoms with Crippen LogP contribution in [0.25, 0.3) is 0 Å². The zero-order valence-corrected chi connectivity index (χ0v) is 12.0. The summed E-state index contributed by atoms with van der Waals surface area (Å²) in [5.74, 6) is 2.62. The quantitative estimate of drug-likeness (QED) is 0.879. The van der Waals surface area contributed by atoms with Gasteiger partial charge in [-0.1, -0.05) is 19.0 Å². The van der Waals surface area contributed by atoms with E-state index in [0.29, 0.717) is 18.3 Å². The number of carboxylic acids is 1. The lowest BCUT2D eigenvalue weighted by Crippen LogP contribution is -2.43. The van der Waals surface area contributed by atoms with Crippen LogP contribution < -0.4 is 0 Å². The highest BCUT2D eigenvalue weighted by atomic mass is 32.2. The molecule has 1 aliphatic heterocycles. The number of hydrogen-bond donors (Lipinski definition) is 1. The molecule has 0 saturated carbocycles. The maximum atomic E-state index is 10.9. The molecular weight excluding hydrogens is 266 g/mol. The SMILES string of the molecule is CC(C)c1noc(CN2CCSCC2CC(=O)O)n1. The molecule has 1 aromatic heterocycles. The van der Waals surface area contributed by atoms with E-state index in [4.69, 9.17) is 9.63 Å². The van der Waals surface area contributed by atoms with E-state index in [-0.39, 0.29) is 18.4 Å². The monoisotopic (exact) mass is 285 g/mol. The number of rotatable bonds is 5. The van der Waals surface area contributed by atoms with E-state index in [0.717, 1.165) is 18.1 Å². The van der Waals surface area contributed by atoms with Gasteiger partial charge in [0.25, 0.3) is 0 Å². The largest absolute Gasteiger partial charge is 0.481 e. The summed E-state index contributed by atoms with van der Waals surface area (Å²) in [6.07, 6.45) is 0.165. The molecule has 0 bridgehead atoms. The highest BCUT2D eigenvalue weighted by Crippen LogP contribution is 2.21. The molecule has 19 heavy (non-hydrogen) atoms. The number of aliphatic carboxylic acids is 1. The maximum Gasteiger partial charge on any atom is 0.304 e. The average molecular weight is 285 g/mol. The first-order valence-corrected chi connectivity index (χ1v) is 7.57. The Hall–Kier alpha value is -1.08. The molecule has 0 spiro atoms. The van der Waals surface area contributed by atoms with E-state index in [2.05, 4.69) is 15.0 Å². The van der Waals surface area contributed by atoms with Crippen molar-refractivity contribution in [2.75, 3.05) is 18.1 Å². The molecule has 0 amide bonds. The van der Waals surface area contributed by atoms with Crippen molar-refractivity contribution in [3.8, 4) is 0 Å². The lowest BCUT2D eigenvalue weighted by molar-refractivity contribution is -0.138. The van der Waals surface area contributed by atoms with Crippen molar-refractivity contribution in [3.05, 3.63) is 11.7 Å². The van der Waals surface area contributed by atoms with Crippen molar-refractivity contribution < 1.29 is 14.4 Å². The Balaban J connectivity index is 1.99. The van der Waals surface area contributed by atoms with Gasteiger partial charge in [-0.2, -0.15) is 16.7 Å². The molecule has 1 saturated heterocycles. The van der Waals surface area contributed by atoms with Crippen LogP contribution in [0, 0.1) is 0 Å². The summed E-state index contributed by atoms with van der Waals surface area (Å²) < 4.78 is 5.22. The van der Waals surface area contributed by atoms with E-state index < -0.39 is 5.97 Å². The lowest BCUT2D eigenvalue weighted by atomic mass is 10.2. The molecule has 1 N–H and O–H groups in total. The molecule has 2 rings (SSSR count). The molecule has 1 atom stereocenters. The van der Waals surface area contributed by atoms with Crippen LogP contribution >= 0.6 is 11.8 Å². The minimum atomic E-state index is -0.758. The Bertz CT molecular complexity index is 436. The standard InChI is InChI=1S/C12H19N3O3S/c1-8(2)12-13-10(18-14-12)6-15-3-4-19-7-9(15)5-11(16)17/h8-9H,3-7H2,1-2H3,(H,16,17). The van der Waals surface area contributed by atoms with Crippen LogP contribution in [0.5, 0.6) is 0 Å². The molecule has 1 fully saturated rings. The first kappa shape index (κ1) is 14.3. The summed E-state index contributed by atoms with van der Waals surface area (Å²) in [5.41, 5.74) is 0. The van der Waals surface area contributed by atoms with Gasteiger partial charge in [0.1, 0.15) is 0 Å². The van der Waals surface area contributed by atoms with Crippen LogP contribution in [-0.2, 0) is 11.3 Å². The Morgan fingerprint density at radius 3 is 3.05 bits per heavy atom. The molecule has 1 aromatic rings. The van der Waals surface area contributed by atoms with E-state index in [1.807, 2.05) is 13.8 Å². The molecule has 106 valence electrons. The number of aromatic nitrogens is 2. The number of hydrogen-bond acceptors (Lipinski definition) is 6. The summed E-state index contributed by atoms with van der Waals surface area (Å²) in [5, 5.41) is 12.9. The van der Waals surface area contributed by atoms with Gasteiger partial charge in [-0.3, -0.25) is 9.69 Å². The fraction of sp³-hybridized carbons (Fsp3) is 0.750. The highest BCUT2D eigenvalue weighted by Gasteiger charge is 2.26. The smallest absolute Gasteiger partial charge is 0.304 e. The molecule has 0 aromatic carbocycles. The third kappa shape index (κ3) is 3.94. The molecule has 0 aliphatic carbocycles. The summed E-state index contributed by atoms with van der Waals surface area (Å²) >= 11 is 1.80. The van der Waals surface area contributed by atoms with Crippen molar-refractivity contribution >= 4 is 17.7 Å². The zero-order valence-electron chi connectivity index (χ0n) is 11.2. The van der Waals surface area contributed by atoms with E-state index in [9.17, 15) is 4.79 Å². The molecule has 7 heteroatoms. The Morgan fingerprint density at radius 1 is 1.63 bits per heavy atom. The van der Waals surface area contributed by atoms with Gasteiger partial charge in [-0.05, 0) is 0 Å². The second-order valence-corrected chi connectivity index (χ2v) is 6.15. The van der Waals surface area contributed by atoms with Gasteiger partial charge < -0.3 is 9.63 Å². The fourth-order valence-electron chi connectivity index (χ4n) is 2.03. The van der Waals surface area contributed by atoms with Gasteiger partial charge in [0.15, 0.2) is 5.82 Å². The second kappa shape index (κ2) is 6.38. The third-order valence-electron chi connectivity index (χ3n) is 3.10. The van der Waals surface area contributed by atoms with Crippen LogP contribution in [0.4, 0.5) is 0 Å². The first-order valence-electron chi connectivity index (χ1n) is 6.42. The first-order chi connectivity index (χ1) is 9.06. The Labute approximate surface area is 116 Å². The van der Waals surface area contributed by atoms with E-state index >= 15 is 0 Å². The van der Waals surface area contributed by atoms with Crippen molar-refractivity contribution in [1.82, 2.24) is 15.0 Å². The van der Waals surface area contributed by atoms with Gasteiger partial charge in [0, 0.05) is 30.0 Å². The summed E-state index contributed by atoms with van der Waals surface area (Å²) in [6.45, 7) is 5.43. The minimum Gasteiger partial charge on any atom is -0.481 e. The second-order valence-electron chi connectivity index (χ2n) is 5.00. The summed E-state index contributed by atoms with van der Waals surface area (Å²) in [4.78, 5) is 17.3. The Kier molecular flexibility index (Phi) is 4.81. The zero-order chi connectivity index (χ0) is 13.8. The van der Waals surface area contributed by atoms with Crippen LogP contribution in [-0.4, -0.2) is 50.2 Å². The molecule has 1 unspecified atom stereocenters. The van der Waals surface area contributed by atoms with Crippen LogP contribution in [0.2, 0.25) is 0 Å². The number of thioether (sulfide) groups is 1. The van der Waals surface area contributed by atoms with Gasteiger partial charge in [-0.15, -0.1) is 0 Å². The van der Waals surface area contributed by atoms with Gasteiger partial charge in [0.2, 0.25) is 5.89 Å². The van der Waals surface area contributed by atoms with Crippen LogP contribution in [0.3, 0.4) is 0 Å². The van der Waals surface area contributed by atoms with Crippen LogP contribution in [0.15, 0.2) is 4.52 Å². The normalized spacial score (nSPS) is 20.9. The number of nitrogens with zero attached hydrogens (tertiary/aromatic N) is 3. The van der Waals surface area contributed by atoms with Gasteiger partial charge in [-0.25, -0.2) is 0 Å². The third-order valence-corrected chi connectivity index (χ3v) is 4.19. The topological polar surface area (TPSA) is 79.5 Å². The fourth-order valence-corrected chi connectivity index (χ4v) is 3.16. The average Bonchev–Trinajstić information content (AvgIpc) is 2.80. The molecule has 2 heterocycles. The molecule has 1 aliphatic rings. The molecular formula is C12H19N3O3S. The Morgan fingerprint density at radius 2 is 2.42 bits per heavy atom. The van der Waals surface area contributed by atoms with E-state index in [1.54, 1.807) is 11.8 Å². The van der Waals surface area contributed by atoms with Crippen molar-refractivity contribution in [1.29, 1.82) is 0 Å². The van der Waals surface area contributed by atoms with Crippen LogP contribution in [0.1, 0.15) is 37.9 Å². The van der Waals surface area contributed by atoms with E-state index in [1.165, 1.54) is 0 Å². The lowest BCUT2D eigenvalue weighted by Gasteiger charge is -2.33. The predicted octanol–water partition coefficient (Wildman–Crippen LogP) is 1.59. The maximum absolute atomic E-state index is 10.9. The van der Waals surface area contributed by atoms with Gasteiger partial charge >= 0.3 is 5.97 Å². The highest BCUT2D eigenvalue weighted by molar-refractivity contribution is 7.99. The summed E-state index contributed by atoms with van der Waals surface area (Å²) in [6, 6.07) is 0.0469. The molecule has 6 nitrogen and oxygen atoms in total. The molecule has 0 radical (unpaired) electrons. The van der Waals surface area contributed by atoms with Gasteiger partial charge in [0.05, 0.1) is 13.0 Å². The van der Waals surface area contributed by atoms with Crippen molar-refractivity contribution in [3.63, 3.8) is 0 Å². The number of carboxylic acid groups (broad SMARTS) is 1. The number of carbonyl (C=O) groups is 1. The van der Waals surface area contributed by atoms with Crippen molar-refractivity contribution in [2.24, 2.45) is 0 Å². The predicted molar refractivity (Wildman–Crippen MR) is 72.2 cm³/mol. The van der Waals surface area contributed by atoms with Crippen molar-refractivity contribution in [2.45, 2.75) is 38.8 Å². The summed E-state index contributed by atoms with van der Waals surface area (Å²) in [7, 11) is 0.